The SMILES string of the molecule is CCCC(C)(O)CNCCC(C)c1ccccc1. The zero-order valence-electron chi connectivity index (χ0n) is 11.9. The van der Waals surface area contributed by atoms with Crippen molar-refractivity contribution < 1.29 is 5.11 Å². The van der Waals surface area contributed by atoms with Crippen molar-refractivity contribution in [3.05, 3.63) is 35.9 Å². The van der Waals surface area contributed by atoms with Gasteiger partial charge in [-0.2, -0.15) is 0 Å². The second-order valence-corrected chi connectivity index (χ2v) is 5.52. The summed E-state index contributed by atoms with van der Waals surface area (Å²) in [5.41, 5.74) is 0.824. The Morgan fingerprint density at radius 2 is 1.94 bits per heavy atom. The van der Waals surface area contributed by atoms with E-state index in [-0.39, 0.29) is 0 Å². The smallest absolute Gasteiger partial charge is 0.0743 e. The van der Waals surface area contributed by atoms with Crippen molar-refractivity contribution in [2.75, 3.05) is 13.1 Å². The molecule has 2 heteroatoms. The third-order valence-electron chi connectivity index (χ3n) is 3.42. The molecule has 2 atom stereocenters. The van der Waals surface area contributed by atoms with Gasteiger partial charge in [-0.05, 0) is 37.8 Å². The van der Waals surface area contributed by atoms with Crippen LogP contribution in [0.4, 0.5) is 0 Å². The molecule has 0 aliphatic carbocycles. The predicted octanol–water partition coefficient (Wildman–Crippen LogP) is 3.32. The van der Waals surface area contributed by atoms with E-state index < -0.39 is 5.60 Å². The molecule has 1 aromatic rings. The molecule has 0 amide bonds. The van der Waals surface area contributed by atoms with Crippen LogP contribution >= 0.6 is 0 Å². The summed E-state index contributed by atoms with van der Waals surface area (Å²) in [6, 6.07) is 10.6. The van der Waals surface area contributed by atoms with Gasteiger partial charge in [0.1, 0.15) is 0 Å². The highest BCUT2D eigenvalue weighted by molar-refractivity contribution is 5.18. The molecule has 0 heterocycles. The Morgan fingerprint density at radius 1 is 1.28 bits per heavy atom. The summed E-state index contributed by atoms with van der Waals surface area (Å²) in [6.45, 7) is 7.90. The highest BCUT2D eigenvalue weighted by Crippen LogP contribution is 2.17. The average Bonchev–Trinajstić information content (AvgIpc) is 2.35. The van der Waals surface area contributed by atoms with E-state index >= 15 is 0 Å². The van der Waals surface area contributed by atoms with Gasteiger partial charge in [-0.15, -0.1) is 0 Å². The Labute approximate surface area is 111 Å². The summed E-state index contributed by atoms with van der Waals surface area (Å²) >= 11 is 0. The molecule has 0 aromatic heterocycles. The zero-order chi connectivity index (χ0) is 13.4. The molecule has 2 unspecified atom stereocenters. The molecule has 18 heavy (non-hydrogen) atoms. The Morgan fingerprint density at radius 3 is 2.56 bits per heavy atom. The van der Waals surface area contributed by atoms with E-state index in [0.29, 0.717) is 12.5 Å². The Balaban J connectivity index is 2.22. The molecule has 0 aliphatic rings. The second-order valence-electron chi connectivity index (χ2n) is 5.52. The van der Waals surface area contributed by atoms with Gasteiger partial charge in [0.2, 0.25) is 0 Å². The van der Waals surface area contributed by atoms with Gasteiger partial charge in [-0.3, -0.25) is 0 Å². The minimum absolute atomic E-state index is 0.565. The molecule has 0 aliphatic heterocycles. The van der Waals surface area contributed by atoms with E-state index in [1.807, 2.05) is 6.92 Å². The van der Waals surface area contributed by atoms with Crippen LogP contribution in [0.5, 0.6) is 0 Å². The van der Waals surface area contributed by atoms with Gasteiger partial charge >= 0.3 is 0 Å². The van der Waals surface area contributed by atoms with Crippen molar-refractivity contribution in [2.24, 2.45) is 0 Å². The first-order valence-corrected chi connectivity index (χ1v) is 7.03. The monoisotopic (exact) mass is 249 g/mol. The number of rotatable bonds is 8. The van der Waals surface area contributed by atoms with Gasteiger partial charge in [0.15, 0.2) is 0 Å². The van der Waals surface area contributed by atoms with E-state index in [9.17, 15) is 5.11 Å². The topological polar surface area (TPSA) is 32.3 Å². The molecule has 0 radical (unpaired) electrons. The molecule has 0 saturated carbocycles. The van der Waals surface area contributed by atoms with Crippen LogP contribution in [0.25, 0.3) is 0 Å². The normalized spacial score (nSPS) is 16.2. The van der Waals surface area contributed by atoms with Gasteiger partial charge in [0.25, 0.3) is 0 Å². The summed E-state index contributed by atoms with van der Waals surface area (Å²) in [6.07, 6.45) is 2.98. The molecule has 1 rings (SSSR count). The highest BCUT2D eigenvalue weighted by Gasteiger charge is 2.18. The lowest BCUT2D eigenvalue weighted by atomic mass is 9.97. The van der Waals surface area contributed by atoms with E-state index in [1.165, 1.54) is 5.56 Å². The fourth-order valence-electron chi connectivity index (χ4n) is 2.25. The first-order chi connectivity index (χ1) is 8.55. The molecule has 0 fully saturated rings. The first-order valence-electron chi connectivity index (χ1n) is 7.03. The maximum atomic E-state index is 10.0. The van der Waals surface area contributed by atoms with Crippen molar-refractivity contribution in [3.8, 4) is 0 Å². The zero-order valence-corrected chi connectivity index (χ0v) is 11.9. The molecule has 0 saturated heterocycles. The van der Waals surface area contributed by atoms with Gasteiger partial charge in [0.05, 0.1) is 5.60 Å². The Bertz CT molecular complexity index is 321. The molecule has 0 bridgehead atoms. The molecule has 1 aromatic carbocycles. The summed E-state index contributed by atoms with van der Waals surface area (Å²) in [5, 5.41) is 13.4. The van der Waals surface area contributed by atoms with Crippen LogP contribution in [-0.4, -0.2) is 23.8 Å². The summed E-state index contributed by atoms with van der Waals surface area (Å²) in [4.78, 5) is 0. The minimum Gasteiger partial charge on any atom is -0.389 e. The van der Waals surface area contributed by atoms with E-state index in [4.69, 9.17) is 0 Å². The van der Waals surface area contributed by atoms with E-state index in [0.717, 1.165) is 25.8 Å². The maximum absolute atomic E-state index is 10.0. The van der Waals surface area contributed by atoms with Crippen LogP contribution in [0, 0.1) is 0 Å². The minimum atomic E-state index is -0.565. The first kappa shape index (κ1) is 15.2. The lowest BCUT2D eigenvalue weighted by Gasteiger charge is -2.23. The summed E-state index contributed by atoms with van der Waals surface area (Å²) in [5.74, 6) is 0.565. The van der Waals surface area contributed by atoms with Crippen molar-refractivity contribution in [3.63, 3.8) is 0 Å². The standard InChI is InChI=1S/C16H27NO/c1-4-11-16(3,18)13-17-12-10-14(2)15-8-6-5-7-9-15/h5-9,14,17-18H,4,10-13H2,1-3H3. The Hall–Kier alpha value is -0.860. The van der Waals surface area contributed by atoms with Gasteiger partial charge in [0, 0.05) is 6.54 Å². The van der Waals surface area contributed by atoms with Crippen LogP contribution in [-0.2, 0) is 0 Å². The largest absolute Gasteiger partial charge is 0.389 e. The highest BCUT2D eigenvalue weighted by atomic mass is 16.3. The fraction of sp³-hybridized carbons (Fsp3) is 0.625. The fourth-order valence-corrected chi connectivity index (χ4v) is 2.25. The van der Waals surface area contributed by atoms with Crippen LogP contribution < -0.4 is 5.32 Å². The van der Waals surface area contributed by atoms with Crippen molar-refractivity contribution in [2.45, 2.75) is 51.6 Å². The summed E-state index contributed by atoms with van der Waals surface area (Å²) in [7, 11) is 0. The number of benzene rings is 1. The van der Waals surface area contributed by atoms with Gasteiger partial charge < -0.3 is 10.4 Å². The van der Waals surface area contributed by atoms with Crippen LogP contribution in [0.1, 0.15) is 51.5 Å². The number of hydrogen-bond acceptors (Lipinski definition) is 2. The second kappa shape index (κ2) is 7.55. The van der Waals surface area contributed by atoms with Gasteiger partial charge in [-0.1, -0.05) is 50.6 Å². The summed E-state index contributed by atoms with van der Waals surface area (Å²) < 4.78 is 0. The van der Waals surface area contributed by atoms with Gasteiger partial charge in [-0.25, -0.2) is 0 Å². The number of aliphatic hydroxyl groups is 1. The lowest BCUT2D eigenvalue weighted by Crippen LogP contribution is -2.38. The third kappa shape index (κ3) is 5.65. The molecule has 102 valence electrons. The number of nitrogens with one attached hydrogen (secondary N) is 1. The van der Waals surface area contributed by atoms with Crippen molar-refractivity contribution in [1.82, 2.24) is 5.32 Å². The molecule has 2 nitrogen and oxygen atoms in total. The van der Waals surface area contributed by atoms with Crippen LogP contribution in [0.3, 0.4) is 0 Å². The molecule has 0 spiro atoms. The van der Waals surface area contributed by atoms with Crippen LogP contribution in [0.15, 0.2) is 30.3 Å². The lowest BCUT2D eigenvalue weighted by molar-refractivity contribution is 0.0501. The van der Waals surface area contributed by atoms with Crippen molar-refractivity contribution in [1.29, 1.82) is 0 Å². The molecule has 2 N–H and O–H groups in total. The molecular formula is C16H27NO. The van der Waals surface area contributed by atoms with Crippen molar-refractivity contribution >= 4 is 0 Å². The average molecular weight is 249 g/mol. The van der Waals surface area contributed by atoms with E-state index in [1.54, 1.807) is 0 Å². The Kier molecular flexibility index (Phi) is 6.37. The number of hydrogen-bond donors (Lipinski definition) is 2. The van der Waals surface area contributed by atoms with E-state index in [2.05, 4.69) is 49.5 Å². The quantitative estimate of drug-likeness (QED) is 0.693. The maximum Gasteiger partial charge on any atom is 0.0743 e. The predicted molar refractivity (Wildman–Crippen MR) is 77.9 cm³/mol. The molecular weight excluding hydrogens is 222 g/mol. The van der Waals surface area contributed by atoms with Crippen LogP contribution in [0.2, 0.25) is 0 Å². The third-order valence-corrected chi connectivity index (χ3v) is 3.42.